The lowest BCUT2D eigenvalue weighted by Crippen LogP contribution is -2.47. The Balaban J connectivity index is 1.53. The van der Waals surface area contributed by atoms with Crippen LogP contribution in [0.4, 0.5) is 4.39 Å². The van der Waals surface area contributed by atoms with Crippen molar-refractivity contribution in [2.75, 3.05) is 45.9 Å². The molecule has 0 saturated carbocycles. The Kier molecular flexibility index (Phi) is 9.33. The van der Waals surface area contributed by atoms with Gasteiger partial charge in [-0.2, -0.15) is 0 Å². The predicted molar refractivity (Wildman–Crippen MR) is 139 cm³/mol. The summed E-state index contributed by atoms with van der Waals surface area (Å²) in [7, 11) is 0. The van der Waals surface area contributed by atoms with Gasteiger partial charge < -0.3 is 19.0 Å². The molecule has 0 N–H and O–H groups in total. The highest BCUT2D eigenvalue weighted by Crippen LogP contribution is 2.16. The summed E-state index contributed by atoms with van der Waals surface area (Å²) in [4.78, 5) is 32.5. The zero-order chi connectivity index (χ0) is 26.2. The molecule has 7 nitrogen and oxygen atoms in total. The quantitative estimate of drug-likeness (QED) is 0.391. The summed E-state index contributed by atoms with van der Waals surface area (Å²) in [6, 6.07) is 16.4. The number of carbonyl (C=O) groups is 2. The number of rotatable bonds is 10. The molecule has 2 amide bonds. The lowest BCUT2D eigenvalue weighted by atomic mass is 10.2. The van der Waals surface area contributed by atoms with E-state index < -0.39 is 0 Å². The summed E-state index contributed by atoms with van der Waals surface area (Å²) in [5.74, 6) is 0.564. The predicted octanol–water partition coefficient (Wildman–Crippen LogP) is 4.38. The summed E-state index contributed by atoms with van der Waals surface area (Å²) in [5.41, 5.74) is 1.24. The first-order chi connectivity index (χ1) is 17.9. The first kappa shape index (κ1) is 26.9. The third kappa shape index (κ3) is 7.89. The van der Waals surface area contributed by atoms with E-state index in [0.717, 1.165) is 24.4 Å². The molecule has 0 aliphatic carbocycles. The van der Waals surface area contributed by atoms with Crippen LogP contribution in [0.2, 0.25) is 5.02 Å². The van der Waals surface area contributed by atoms with Gasteiger partial charge in [0.2, 0.25) is 5.91 Å². The maximum absolute atomic E-state index is 13.6. The number of aryl methyl sites for hydroxylation is 1. The van der Waals surface area contributed by atoms with Crippen molar-refractivity contribution in [1.82, 2.24) is 14.7 Å². The van der Waals surface area contributed by atoms with Crippen LogP contribution in [0.25, 0.3) is 0 Å². The number of furan rings is 1. The second-order valence-electron chi connectivity index (χ2n) is 9.08. The van der Waals surface area contributed by atoms with Crippen molar-refractivity contribution in [2.24, 2.45) is 0 Å². The summed E-state index contributed by atoms with van der Waals surface area (Å²) in [6.07, 6.45) is 0. The molecule has 4 rings (SSSR count). The van der Waals surface area contributed by atoms with Crippen LogP contribution in [0, 0.1) is 12.7 Å². The lowest BCUT2D eigenvalue weighted by Gasteiger charge is -2.31. The number of nitrogens with zero attached hydrogens (tertiary/aromatic N) is 3. The van der Waals surface area contributed by atoms with E-state index >= 15 is 0 Å². The molecule has 2 heterocycles. The van der Waals surface area contributed by atoms with Crippen molar-refractivity contribution >= 4 is 23.4 Å². The Morgan fingerprint density at radius 3 is 2.30 bits per heavy atom. The third-order valence-corrected chi connectivity index (χ3v) is 6.53. The van der Waals surface area contributed by atoms with E-state index in [0.29, 0.717) is 42.6 Å². The van der Waals surface area contributed by atoms with E-state index in [1.165, 1.54) is 12.1 Å². The SMILES string of the molecule is Cc1ccc(CN(Cc2ccc(F)cc2)C(=O)CN(CCN2CCOCC2)C(=O)c2ccc(Cl)cc2)o1. The topological polar surface area (TPSA) is 66.2 Å². The van der Waals surface area contributed by atoms with Crippen molar-refractivity contribution in [3.8, 4) is 0 Å². The fourth-order valence-corrected chi connectivity index (χ4v) is 4.30. The van der Waals surface area contributed by atoms with E-state index in [4.69, 9.17) is 20.8 Å². The molecule has 0 radical (unpaired) electrons. The zero-order valence-electron chi connectivity index (χ0n) is 20.9. The van der Waals surface area contributed by atoms with Gasteiger partial charge in [-0.1, -0.05) is 23.7 Å². The lowest BCUT2D eigenvalue weighted by molar-refractivity contribution is -0.133. The second-order valence-corrected chi connectivity index (χ2v) is 9.51. The average molecular weight is 528 g/mol. The molecule has 1 fully saturated rings. The molecule has 0 bridgehead atoms. The van der Waals surface area contributed by atoms with Gasteiger partial charge in [0, 0.05) is 43.3 Å². The normalized spacial score (nSPS) is 13.9. The van der Waals surface area contributed by atoms with Gasteiger partial charge in [0.1, 0.15) is 23.9 Å². The maximum atomic E-state index is 13.6. The standard InChI is InChI=1S/C28H31ClFN3O4/c1-21-2-11-26(37-21)19-33(18-22-3-9-25(30)10-4-22)27(34)20-32(13-12-31-14-16-36-17-15-31)28(35)23-5-7-24(29)8-6-23/h2-11H,12-20H2,1H3. The number of amides is 2. The Bertz CT molecular complexity index is 1180. The van der Waals surface area contributed by atoms with Crippen molar-refractivity contribution < 1.29 is 23.1 Å². The first-order valence-corrected chi connectivity index (χ1v) is 12.7. The van der Waals surface area contributed by atoms with E-state index in [1.807, 2.05) is 19.1 Å². The van der Waals surface area contributed by atoms with Gasteiger partial charge in [0.15, 0.2) is 0 Å². The average Bonchev–Trinajstić information content (AvgIpc) is 3.32. The molecular weight excluding hydrogens is 497 g/mol. The largest absolute Gasteiger partial charge is 0.464 e. The van der Waals surface area contributed by atoms with Crippen LogP contribution in [0.3, 0.4) is 0 Å². The molecule has 1 aliphatic heterocycles. The van der Waals surface area contributed by atoms with Gasteiger partial charge in [0.25, 0.3) is 5.91 Å². The molecule has 0 spiro atoms. The van der Waals surface area contributed by atoms with Crippen LogP contribution in [0.15, 0.2) is 65.1 Å². The van der Waals surface area contributed by atoms with E-state index in [9.17, 15) is 14.0 Å². The van der Waals surface area contributed by atoms with Crippen LogP contribution < -0.4 is 0 Å². The highest BCUT2D eigenvalue weighted by molar-refractivity contribution is 6.30. The monoisotopic (exact) mass is 527 g/mol. The molecule has 196 valence electrons. The Labute approximate surface area is 221 Å². The van der Waals surface area contributed by atoms with Gasteiger partial charge >= 0.3 is 0 Å². The van der Waals surface area contributed by atoms with Gasteiger partial charge in [-0.05, 0) is 61.0 Å². The number of halogens is 2. The summed E-state index contributed by atoms with van der Waals surface area (Å²) in [5, 5.41) is 0.534. The molecule has 1 aliphatic rings. The van der Waals surface area contributed by atoms with E-state index in [2.05, 4.69) is 4.90 Å². The number of morpholine rings is 1. The molecule has 0 atom stereocenters. The van der Waals surface area contributed by atoms with Gasteiger partial charge in [-0.25, -0.2) is 4.39 Å². The minimum atomic E-state index is -0.342. The first-order valence-electron chi connectivity index (χ1n) is 12.3. The second kappa shape index (κ2) is 12.9. The van der Waals surface area contributed by atoms with E-state index in [-0.39, 0.29) is 37.3 Å². The fraction of sp³-hybridized carbons (Fsp3) is 0.357. The van der Waals surface area contributed by atoms with Gasteiger partial charge in [-0.15, -0.1) is 0 Å². The molecule has 37 heavy (non-hydrogen) atoms. The van der Waals surface area contributed by atoms with E-state index in [1.54, 1.807) is 46.2 Å². The summed E-state index contributed by atoms with van der Waals surface area (Å²) in [6.45, 7) is 6.11. The molecule has 1 saturated heterocycles. The molecule has 3 aromatic rings. The van der Waals surface area contributed by atoms with Crippen molar-refractivity contribution in [3.63, 3.8) is 0 Å². The van der Waals surface area contributed by atoms with Crippen LogP contribution in [0.5, 0.6) is 0 Å². The minimum Gasteiger partial charge on any atom is -0.464 e. The molecule has 9 heteroatoms. The van der Waals surface area contributed by atoms with Crippen LogP contribution in [-0.4, -0.2) is 72.5 Å². The Hall–Kier alpha value is -3.20. The highest BCUT2D eigenvalue weighted by Gasteiger charge is 2.24. The number of benzene rings is 2. The van der Waals surface area contributed by atoms with Gasteiger partial charge in [0.05, 0.1) is 19.8 Å². The molecule has 2 aromatic carbocycles. The minimum absolute atomic E-state index is 0.104. The van der Waals surface area contributed by atoms with Crippen LogP contribution >= 0.6 is 11.6 Å². The van der Waals surface area contributed by atoms with Crippen LogP contribution in [0.1, 0.15) is 27.4 Å². The Morgan fingerprint density at radius 1 is 0.946 bits per heavy atom. The number of hydrogen-bond acceptors (Lipinski definition) is 5. The van der Waals surface area contributed by atoms with Crippen molar-refractivity contribution in [2.45, 2.75) is 20.0 Å². The summed E-state index contributed by atoms with van der Waals surface area (Å²) < 4.78 is 24.6. The molecule has 1 aromatic heterocycles. The smallest absolute Gasteiger partial charge is 0.254 e. The third-order valence-electron chi connectivity index (χ3n) is 6.28. The maximum Gasteiger partial charge on any atom is 0.254 e. The number of carbonyl (C=O) groups excluding carboxylic acids is 2. The molecular formula is C28H31ClFN3O4. The Morgan fingerprint density at radius 2 is 1.65 bits per heavy atom. The van der Waals surface area contributed by atoms with Crippen molar-refractivity contribution in [1.29, 1.82) is 0 Å². The fourth-order valence-electron chi connectivity index (χ4n) is 4.18. The summed E-state index contributed by atoms with van der Waals surface area (Å²) >= 11 is 6.01. The highest BCUT2D eigenvalue weighted by atomic mass is 35.5. The van der Waals surface area contributed by atoms with Crippen molar-refractivity contribution in [3.05, 3.63) is 94.2 Å². The van der Waals surface area contributed by atoms with Gasteiger partial charge in [-0.3, -0.25) is 14.5 Å². The number of ether oxygens (including phenoxy) is 1. The molecule has 0 unspecified atom stereocenters. The van der Waals surface area contributed by atoms with Crippen LogP contribution in [-0.2, 0) is 22.6 Å². The number of hydrogen-bond donors (Lipinski definition) is 0. The zero-order valence-corrected chi connectivity index (χ0v) is 21.6.